The van der Waals surface area contributed by atoms with Crippen molar-refractivity contribution in [1.82, 2.24) is 4.90 Å². The van der Waals surface area contributed by atoms with E-state index >= 15 is 0 Å². The molecule has 0 atom stereocenters. The Bertz CT molecular complexity index is 1030. The molecule has 0 aromatic heterocycles. The molecule has 0 radical (unpaired) electrons. The number of nitrogens with zero attached hydrogens (tertiary/aromatic N) is 1. The van der Waals surface area contributed by atoms with E-state index in [9.17, 15) is 13.2 Å². The topological polar surface area (TPSA) is 63.7 Å². The van der Waals surface area contributed by atoms with Gasteiger partial charge in [-0.05, 0) is 42.3 Å². The fourth-order valence-electron chi connectivity index (χ4n) is 4.25. The van der Waals surface area contributed by atoms with Gasteiger partial charge in [-0.15, -0.1) is 0 Å². The van der Waals surface area contributed by atoms with E-state index in [1.807, 2.05) is 42.6 Å². The van der Waals surface area contributed by atoms with Crippen LogP contribution in [0.1, 0.15) is 43.2 Å². The SMILES string of the molecule is O=C1OC2(CCCCC2)S(=O)(=O)C1=CC=CN(Cc1ccccc1)Cc1ccccc1. The minimum absolute atomic E-state index is 0.231. The number of carbonyl (C=O) groups is 1. The van der Waals surface area contributed by atoms with Crippen molar-refractivity contribution < 1.29 is 17.9 Å². The largest absolute Gasteiger partial charge is 0.438 e. The highest BCUT2D eigenvalue weighted by atomic mass is 32.2. The average Bonchev–Trinajstić information content (AvgIpc) is 2.95. The predicted molar refractivity (Wildman–Crippen MR) is 120 cm³/mol. The smallest absolute Gasteiger partial charge is 0.351 e. The third-order valence-corrected chi connectivity index (χ3v) is 8.23. The predicted octanol–water partition coefficient (Wildman–Crippen LogP) is 4.72. The molecule has 4 rings (SSSR count). The van der Waals surface area contributed by atoms with Crippen LogP contribution < -0.4 is 0 Å². The second kappa shape index (κ2) is 9.10. The highest BCUT2D eigenvalue weighted by molar-refractivity contribution is 7.97. The van der Waals surface area contributed by atoms with Crippen molar-refractivity contribution in [1.29, 1.82) is 0 Å². The second-order valence-electron chi connectivity index (χ2n) is 8.11. The van der Waals surface area contributed by atoms with Crippen LogP contribution in [0.4, 0.5) is 0 Å². The van der Waals surface area contributed by atoms with Gasteiger partial charge in [-0.3, -0.25) is 0 Å². The molecule has 0 N–H and O–H groups in total. The third-order valence-electron chi connectivity index (χ3n) is 5.88. The van der Waals surface area contributed by atoms with Gasteiger partial charge in [0.2, 0.25) is 14.8 Å². The number of hydrogen-bond donors (Lipinski definition) is 0. The molecule has 162 valence electrons. The first-order valence-electron chi connectivity index (χ1n) is 10.7. The van der Waals surface area contributed by atoms with Crippen LogP contribution in [-0.4, -0.2) is 24.2 Å². The van der Waals surface area contributed by atoms with Crippen molar-refractivity contribution in [3.63, 3.8) is 0 Å². The van der Waals surface area contributed by atoms with Gasteiger partial charge in [0.1, 0.15) is 0 Å². The molecule has 0 bridgehead atoms. The van der Waals surface area contributed by atoms with Crippen LogP contribution in [-0.2, 0) is 32.5 Å². The van der Waals surface area contributed by atoms with Gasteiger partial charge in [-0.25, -0.2) is 13.2 Å². The molecule has 0 unspecified atom stereocenters. The van der Waals surface area contributed by atoms with Crippen LogP contribution in [0.15, 0.2) is 83.9 Å². The monoisotopic (exact) mass is 437 g/mol. The van der Waals surface area contributed by atoms with E-state index in [4.69, 9.17) is 4.74 Å². The first-order chi connectivity index (χ1) is 15.0. The molecule has 1 aliphatic carbocycles. The molecule has 1 saturated heterocycles. The summed E-state index contributed by atoms with van der Waals surface area (Å²) < 4.78 is 31.6. The summed E-state index contributed by atoms with van der Waals surface area (Å²) in [4.78, 5) is 12.9. The van der Waals surface area contributed by atoms with Crippen molar-refractivity contribution in [2.45, 2.75) is 50.1 Å². The average molecular weight is 438 g/mol. The van der Waals surface area contributed by atoms with Gasteiger partial charge in [-0.2, -0.15) is 0 Å². The molecule has 1 aliphatic heterocycles. The molecule has 1 heterocycles. The van der Waals surface area contributed by atoms with Crippen molar-refractivity contribution in [2.75, 3.05) is 0 Å². The Balaban J connectivity index is 1.56. The van der Waals surface area contributed by atoms with Gasteiger partial charge in [0.05, 0.1) is 0 Å². The summed E-state index contributed by atoms with van der Waals surface area (Å²) in [5.74, 6) is -0.732. The van der Waals surface area contributed by atoms with Crippen molar-refractivity contribution in [2.24, 2.45) is 0 Å². The van der Waals surface area contributed by atoms with Gasteiger partial charge < -0.3 is 9.64 Å². The summed E-state index contributed by atoms with van der Waals surface area (Å²) in [6.07, 6.45) is 8.14. The zero-order valence-electron chi connectivity index (χ0n) is 17.4. The molecule has 2 aromatic rings. The summed E-state index contributed by atoms with van der Waals surface area (Å²) >= 11 is 0. The third kappa shape index (κ3) is 4.59. The second-order valence-corrected chi connectivity index (χ2v) is 10.3. The minimum Gasteiger partial charge on any atom is -0.438 e. The molecule has 5 nitrogen and oxygen atoms in total. The van der Waals surface area contributed by atoms with Gasteiger partial charge in [0.25, 0.3) is 0 Å². The van der Waals surface area contributed by atoms with E-state index < -0.39 is 20.7 Å². The number of hydrogen-bond acceptors (Lipinski definition) is 5. The standard InChI is InChI=1S/C25H27NO4S/c27-24-23(31(28,29)25(30-24)16-8-3-9-17-25)15-10-18-26(19-21-11-4-1-5-12-21)20-22-13-6-2-7-14-22/h1-2,4-7,10-15,18H,3,8-9,16-17,19-20H2. The van der Waals surface area contributed by atoms with E-state index in [-0.39, 0.29) is 4.91 Å². The molecule has 2 aromatic carbocycles. The van der Waals surface area contributed by atoms with Crippen LogP contribution in [0.25, 0.3) is 0 Å². The first-order valence-corrected chi connectivity index (χ1v) is 12.2. The van der Waals surface area contributed by atoms with Gasteiger partial charge >= 0.3 is 5.97 Å². The molecule has 6 heteroatoms. The van der Waals surface area contributed by atoms with E-state index in [0.717, 1.165) is 30.4 Å². The maximum Gasteiger partial charge on any atom is 0.351 e. The van der Waals surface area contributed by atoms with E-state index in [1.165, 1.54) is 6.08 Å². The maximum absolute atomic E-state index is 13.1. The minimum atomic E-state index is -3.80. The molecular formula is C25H27NO4S. The molecule has 0 amide bonds. The summed E-state index contributed by atoms with van der Waals surface area (Å²) in [6, 6.07) is 20.1. The Hall–Kier alpha value is -2.86. The fraction of sp³-hybridized carbons (Fsp3) is 0.320. The molecule has 2 fully saturated rings. The fourth-order valence-corrected chi connectivity index (χ4v) is 6.18. The van der Waals surface area contributed by atoms with Crippen molar-refractivity contribution in [3.8, 4) is 0 Å². The van der Waals surface area contributed by atoms with Crippen molar-refractivity contribution in [3.05, 3.63) is 95.0 Å². The maximum atomic E-state index is 13.1. The lowest BCUT2D eigenvalue weighted by molar-refractivity contribution is -0.145. The Morgan fingerprint density at radius 2 is 1.42 bits per heavy atom. The van der Waals surface area contributed by atoms with Crippen LogP contribution in [0.5, 0.6) is 0 Å². The van der Waals surface area contributed by atoms with Crippen LogP contribution >= 0.6 is 0 Å². The number of rotatable bonds is 6. The van der Waals surface area contributed by atoms with E-state index in [2.05, 4.69) is 29.2 Å². The van der Waals surface area contributed by atoms with E-state index in [0.29, 0.717) is 25.9 Å². The summed E-state index contributed by atoms with van der Waals surface area (Å²) in [5, 5.41) is 0. The summed E-state index contributed by atoms with van der Waals surface area (Å²) in [6.45, 7) is 1.33. The zero-order valence-corrected chi connectivity index (χ0v) is 18.3. The number of esters is 1. The number of sulfone groups is 1. The Kier molecular flexibility index (Phi) is 6.28. The van der Waals surface area contributed by atoms with Crippen LogP contribution in [0.3, 0.4) is 0 Å². The van der Waals surface area contributed by atoms with Gasteiger partial charge in [-0.1, -0.05) is 67.1 Å². The Labute approximate surface area is 184 Å². The zero-order chi connectivity index (χ0) is 21.7. The number of benzene rings is 2. The Morgan fingerprint density at radius 1 is 0.871 bits per heavy atom. The van der Waals surface area contributed by atoms with Gasteiger partial charge in [0, 0.05) is 25.9 Å². The van der Waals surface area contributed by atoms with Gasteiger partial charge in [0.15, 0.2) is 4.91 Å². The van der Waals surface area contributed by atoms with Crippen LogP contribution in [0, 0.1) is 0 Å². The molecule has 1 saturated carbocycles. The molecular weight excluding hydrogens is 410 g/mol. The molecule has 2 aliphatic rings. The number of ether oxygens (including phenoxy) is 1. The van der Waals surface area contributed by atoms with Crippen molar-refractivity contribution >= 4 is 15.8 Å². The lowest BCUT2D eigenvalue weighted by Crippen LogP contribution is -2.38. The lowest BCUT2D eigenvalue weighted by Gasteiger charge is -2.29. The highest BCUT2D eigenvalue weighted by Crippen LogP contribution is 2.45. The summed E-state index contributed by atoms with van der Waals surface area (Å²) in [7, 11) is -3.80. The van der Waals surface area contributed by atoms with E-state index in [1.54, 1.807) is 6.08 Å². The molecule has 1 spiro atoms. The number of allylic oxidation sites excluding steroid dienone is 2. The lowest BCUT2D eigenvalue weighted by atomic mass is 9.97. The quantitative estimate of drug-likeness (QED) is 0.483. The summed E-state index contributed by atoms with van der Waals surface area (Å²) in [5.41, 5.74) is 2.29. The Morgan fingerprint density at radius 3 is 1.97 bits per heavy atom. The first kappa shape index (κ1) is 21.4. The number of carbonyl (C=O) groups excluding carboxylic acids is 1. The van der Waals surface area contributed by atoms with Crippen LogP contribution in [0.2, 0.25) is 0 Å². The highest BCUT2D eigenvalue weighted by Gasteiger charge is 2.57. The normalized spacial score (nSPS) is 20.9. The molecule has 31 heavy (non-hydrogen) atoms.